The van der Waals surface area contributed by atoms with Gasteiger partial charge in [0, 0.05) is 25.6 Å². The molecule has 0 aliphatic carbocycles. The van der Waals surface area contributed by atoms with E-state index in [1.54, 1.807) is 0 Å². The van der Waals surface area contributed by atoms with Gasteiger partial charge < -0.3 is 15.4 Å². The molecule has 1 aliphatic heterocycles. The van der Waals surface area contributed by atoms with E-state index in [1.165, 1.54) is 24.3 Å². The van der Waals surface area contributed by atoms with Crippen molar-refractivity contribution >= 4 is 5.91 Å². The van der Waals surface area contributed by atoms with Gasteiger partial charge in [0.25, 0.3) is 0 Å². The predicted octanol–water partition coefficient (Wildman–Crippen LogP) is 1.46. The molecular weight excluding hydrogens is 273 g/mol. The van der Waals surface area contributed by atoms with Crippen LogP contribution >= 0.6 is 0 Å². The number of carbonyl (C=O) groups is 1. The minimum absolute atomic E-state index is 0.138. The van der Waals surface area contributed by atoms with Crippen molar-refractivity contribution in [2.75, 3.05) is 19.6 Å². The summed E-state index contributed by atoms with van der Waals surface area (Å²) in [6.07, 6.45) is -4.55. The summed E-state index contributed by atoms with van der Waals surface area (Å²) >= 11 is 0. The zero-order chi connectivity index (χ0) is 14.6. The molecule has 110 valence electrons. The highest BCUT2D eigenvalue weighted by Crippen LogP contribution is 2.22. The first kappa shape index (κ1) is 14.6. The van der Waals surface area contributed by atoms with E-state index >= 15 is 0 Å². The van der Waals surface area contributed by atoms with Crippen LogP contribution in [0.4, 0.5) is 13.2 Å². The average molecular weight is 288 g/mol. The highest BCUT2D eigenvalue weighted by Gasteiger charge is 2.30. The molecule has 0 atom stereocenters. The Morgan fingerprint density at radius 1 is 1.30 bits per heavy atom. The van der Waals surface area contributed by atoms with E-state index in [9.17, 15) is 18.0 Å². The van der Waals surface area contributed by atoms with Gasteiger partial charge in [-0.3, -0.25) is 4.79 Å². The first-order valence-corrected chi connectivity index (χ1v) is 6.24. The maximum absolute atomic E-state index is 12.0. The van der Waals surface area contributed by atoms with Gasteiger partial charge >= 0.3 is 6.36 Å². The molecular formula is C13H15F3N2O2. The summed E-state index contributed by atoms with van der Waals surface area (Å²) in [6.45, 7) is 2.44. The van der Waals surface area contributed by atoms with E-state index in [0.717, 1.165) is 13.1 Å². The van der Waals surface area contributed by atoms with Crippen molar-refractivity contribution in [2.45, 2.75) is 12.8 Å². The van der Waals surface area contributed by atoms with Crippen LogP contribution in [0.2, 0.25) is 0 Å². The zero-order valence-electron chi connectivity index (χ0n) is 10.7. The van der Waals surface area contributed by atoms with E-state index in [1.807, 2.05) is 0 Å². The lowest BCUT2D eigenvalue weighted by Crippen LogP contribution is -2.48. The van der Waals surface area contributed by atoms with Crippen LogP contribution in [-0.2, 0) is 11.2 Å². The van der Waals surface area contributed by atoms with E-state index in [4.69, 9.17) is 0 Å². The van der Waals surface area contributed by atoms with Gasteiger partial charge in [0.1, 0.15) is 5.75 Å². The summed E-state index contributed by atoms with van der Waals surface area (Å²) in [5, 5.41) is 5.90. The number of ether oxygens (including phenoxy) is 1. The van der Waals surface area contributed by atoms with Gasteiger partial charge in [-0.15, -0.1) is 13.2 Å². The van der Waals surface area contributed by atoms with Crippen molar-refractivity contribution < 1.29 is 22.7 Å². The molecule has 1 amide bonds. The number of hydrogen-bond acceptors (Lipinski definition) is 3. The van der Waals surface area contributed by atoms with Gasteiger partial charge in [-0.2, -0.15) is 0 Å². The Morgan fingerprint density at radius 2 is 1.95 bits per heavy atom. The lowest BCUT2D eigenvalue weighted by Gasteiger charge is -2.27. The van der Waals surface area contributed by atoms with E-state index in [0.29, 0.717) is 18.0 Å². The molecule has 0 saturated carbocycles. The Bertz CT molecular complexity index is 456. The summed E-state index contributed by atoms with van der Waals surface area (Å²) in [5.74, 6) is 0.0464. The highest BCUT2D eigenvalue weighted by molar-refractivity contribution is 5.78. The Labute approximate surface area is 114 Å². The third-order valence-electron chi connectivity index (χ3n) is 2.98. The summed E-state index contributed by atoms with van der Waals surface area (Å²) in [5.41, 5.74) is 0.642. The number of benzene rings is 1. The molecule has 1 saturated heterocycles. The molecule has 4 nitrogen and oxygen atoms in total. The van der Waals surface area contributed by atoms with E-state index in [2.05, 4.69) is 15.4 Å². The first-order chi connectivity index (χ1) is 9.42. The second kappa shape index (κ2) is 6.13. The summed E-state index contributed by atoms with van der Waals surface area (Å²) in [4.78, 5) is 11.6. The predicted molar refractivity (Wildman–Crippen MR) is 66.2 cm³/mol. The van der Waals surface area contributed by atoms with Gasteiger partial charge in [0.05, 0.1) is 6.42 Å². The minimum Gasteiger partial charge on any atom is -0.406 e. The van der Waals surface area contributed by atoms with Crippen LogP contribution in [0.3, 0.4) is 0 Å². The quantitative estimate of drug-likeness (QED) is 0.862. The molecule has 1 aromatic rings. The van der Waals surface area contributed by atoms with Crippen LogP contribution in [0, 0.1) is 5.92 Å². The largest absolute Gasteiger partial charge is 0.573 e. The monoisotopic (exact) mass is 288 g/mol. The Kier molecular flexibility index (Phi) is 4.49. The molecule has 1 aromatic carbocycles. The number of amides is 1. The topological polar surface area (TPSA) is 50.4 Å². The molecule has 0 aromatic heterocycles. The number of carbonyl (C=O) groups excluding carboxylic acids is 1. The summed E-state index contributed by atoms with van der Waals surface area (Å²) in [7, 11) is 0. The highest BCUT2D eigenvalue weighted by atomic mass is 19.4. The van der Waals surface area contributed by atoms with Crippen LogP contribution < -0.4 is 15.4 Å². The average Bonchev–Trinajstić information content (AvgIpc) is 2.28. The van der Waals surface area contributed by atoms with Crippen LogP contribution in [0.15, 0.2) is 24.3 Å². The third kappa shape index (κ3) is 4.73. The van der Waals surface area contributed by atoms with Crippen LogP contribution in [0.5, 0.6) is 5.75 Å². The standard InChI is InChI=1S/C13H15F3N2O2/c14-13(15,16)20-11-3-1-9(2-4-11)5-12(19)18-8-10-6-17-7-10/h1-4,10,17H,5-8H2,(H,18,19). The van der Waals surface area contributed by atoms with Crippen molar-refractivity contribution in [3.63, 3.8) is 0 Å². The fraction of sp³-hybridized carbons (Fsp3) is 0.462. The third-order valence-corrected chi connectivity index (χ3v) is 2.98. The summed E-state index contributed by atoms with van der Waals surface area (Å²) in [6, 6.07) is 5.30. The van der Waals surface area contributed by atoms with Crippen molar-refractivity contribution in [2.24, 2.45) is 5.92 Å². The Balaban J connectivity index is 1.78. The van der Waals surface area contributed by atoms with Crippen molar-refractivity contribution in [3.8, 4) is 5.75 Å². The maximum Gasteiger partial charge on any atom is 0.573 e. The number of hydrogen-bond donors (Lipinski definition) is 2. The van der Waals surface area contributed by atoms with Crippen molar-refractivity contribution in [3.05, 3.63) is 29.8 Å². The number of rotatable bonds is 5. The molecule has 0 radical (unpaired) electrons. The van der Waals surface area contributed by atoms with Gasteiger partial charge in [-0.05, 0) is 17.7 Å². The van der Waals surface area contributed by atoms with Gasteiger partial charge in [-0.25, -0.2) is 0 Å². The molecule has 2 N–H and O–H groups in total. The van der Waals surface area contributed by atoms with E-state index in [-0.39, 0.29) is 18.1 Å². The number of alkyl halides is 3. The molecule has 1 fully saturated rings. The fourth-order valence-corrected chi connectivity index (χ4v) is 1.81. The van der Waals surface area contributed by atoms with Crippen LogP contribution in [0.25, 0.3) is 0 Å². The maximum atomic E-state index is 12.0. The Hall–Kier alpha value is -1.76. The Morgan fingerprint density at radius 3 is 2.45 bits per heavy atom. The fourth-order valence-electron chi connectivity index (χ4n) is 1.81. The smallest absolute Gasteiger partial charge is 0.406 e. The lowest BCUT2D eigenvalue weighted by atomic mass is 10.0. The van der Waals surface area contributed by atoms with Crippen molar-refractivity contribution in [1.82, 2.24) is 10.6 Å². The first-order valence-electron chi connectivity index (χ1n) is 6.24. The summed E-state index contributed by atoms with van der Waals surface area (Å²) < 4.78 is 39.7. The molecule has 1 aliphatic rings. The second-order valence-electron chi connectivity index (χ2n) is 4.70. The second-order valence-corrected chi connectivity index (χ2v) is 4.70. The minimum atomic E-state index is -4.70. The SMILES string of the molecule is O=C(Cc1ccc(OC(F)(F)F)cc1)NCC1CNC1. The van der Waals surface area contributed by atoms with Crippen LogP contribution in [0.1, 0.15) is 5.56 Å². The molecule has 20 heavy (non-hydrogen) atoms. The molecule has 0 unspecified atom stereocenters. The zero-order valence-corrected chi connectivity index (χ0v) is 10.7. The van der Waals surface area contributed by atoms with Gasteiger partial charge in [0.15, 0.2) is 0 Å². The molecule has 2 rings (SSSR count). The normalized spacial score (nSPS) is 15.6. The van der Waals surface area contributed by atoms with Gasteiger partial charge in [-0.1, -0.05) is 12.1 Å². The molecule has 1 heterocycles. The van der Waals surface area contributed by atoms with E-state index < -0.39 is 6.36 Å². The molecule has 0 bridgehead atoms. The molecule has 0 spiro atoms. The molecule has 7 heteroatoms. The number of halogens is 3. The van der Waals surface area contributed by atoms with Crippen molar-refractivity contribution in [1.29, 1.82) is 0 Å². The van der Waals surface area contributed by atoms with Crippen LogP contribution in [-0.4, -0.2) is 31.9 Å². The van der Waals surface area contributed by atoms with Gasteiger partial charge in [0.2, 0.25) is 5.91 Å². The number of nitrogens with one attached hydrogen (secondary N) is 2. The lowest BCUT2D eigenvalue weighted by molar-refractivity contribution is -0.274.